The molecule has 0 saturated heterocycles. The summed E-state index contributed by atoms with van der Waals surface area (Å²) in [7, 11) is 0. The second-order valence-electron chi connectivity index (χ2n) is 3.51. The summed E-state index contributed by atoms with van der Waals surface area (Å²) >= 11 is 3.35. The second kappa shape index (κ2) is 5.98. The Hall–Kier alpha value is -0.740. The Morgan fingerprint density at radius 3 is 2.87 bits per heavy atom. The number of anilines is 2. The summed E-state index contributed by atoms with van der Waals surface area (Å²) in [6.07, 6.45) is 1.30. The molecule has 15 heavy (non-hydrogen) atoms. The minimum Gasteiger partial charge on any atom is -0.397 e. The molecule has 4 heteroatoms. The highest BCUT2D eigenvalue weighted by atomic mass is 79.9. The van der Waals surface area contributed by atoms with Gasteiger partial charge in [0.25, 0.3) is 0 Å². The first-order valence-electron chi connectivity index (χ1n) is 5.10. The summed E-state index contributed by atoms with van der Waals surface area (Å²) in [5.74, 6) is 0. The van der Waals surface area contributed by atoms with Crippen molar-refractivity contribution in [3.63, 3.8) is 0 Å². The van der Waals surface area contributed by atoms with Gasteiger partial charge in [0.15, 0.2) is 0 Å². The first-order valence-corrected chi connectivity index (χ1v) is 5.89. The Balaban J connectivity index is 2.44. The molecule has 0 aliphatic rings. The maximum Gasteiger partial charge on any atom is 0.0574 e. The van der Waals surface area contributed by atoms with E-state index < -0.39 is 0 Å². The first-order chi connectivity index (χ1) is 7.13. The lowest BCUT2D eigenvalue weighted by atomic mass is 10.2. The summed E-state index contributed by atoms with van der Waals surface area (Å²) < 4.78 is 0.971. The van der Waals surface area contributed by atoms with Crippen molar-refractivity contribution in [2.24, 2.45) is 0 Å². The van der Waals surface area contributed by atoms with Crippen molar-refractivity contribution in [2.75, 3.05) is 17.6 Å². The molecule has 0 radical (unpaired) electrons. The van der Waals surface area contributed by atoms with E-state index in [0.29, 0.717) is 0 Å². The molecule has 0 heterocycles. The van der Waals surface area contributed by atoms with E-state index in [1.165, 1.54) is 0 Å². The SMILES string of the molecule is CCC(O)CCNc1ccc(Br)cc1N. The lowest BCUT2D eigenvalue weighted by Gasteiger charge is -2.11. The molecule has 0 spiro atoms. The molecular formula is C11H17BrN2O. The Labute approximate surface area is 98.8 Å². The van der Waals surface area contributed by atoms with Crippen molar-refractivity contribution >= 4 is 27.3 Å². The molecule has 1 unspecified atom stereocenters. The smallest absolute Gasteiger partial charge is 0.0574 e. The maximum atomic E-state index is 9.37. The van der Waals surface area contributed by atoms with Gasteiger partial charge in [-0.15, -0.1) is 0 Å². The maximum absolute atomic E-state index is 9.37. The fraction of sp³-hybridized carbons (Fsp3) is 0.455. The van der Waals surface area contributed by atoms with E-state index in [0.717, 1.165) is 35.2 Å². The molecule has 0 aromatic heterocycles. The normalized spacial score (nSPS) is 12.5. The number of nitrogens with one attached hydrogen (secondary N) is 1. The number of nitrogens with two attached hydrogens (primary N) is 1. The zero-order valence-electron chi connectivity index (χ0n) is 8.83. The molecule has 0 fully saturated rings. The predicted octanol–water partition coefficient (Wildman–Crippen LogP) is 2.60. The number of nitrogen functional groups attached to an aromatic ring is 1. The van der Waals surface area contributed by atoms with Crippen LogP contribution in [0.5, 0.6) is 0 Å². The van der Waals surface area contributed by atoms with Gasteiger partial charge >= 0.3 is 0 Å². The van der Waals surface area contributed by atoms with Crippen LogP contribution in [0.2, 0.25) is 0 Å². The highest BCUT2D eigenvalue weighted by Gasteiger charge is 2.02. The lowest BCUT2D eigenvalue weighted by Crippen LogP contribution is -2.12. The number of benzene rings is 1. The topological polar surface area (TPSA) is 58.3 Å². The fourth-order valence-corrected chi connectivity index (χ4v) is 1.65. The summed E-state index contributed by atoms with van der Waals surface area (Å²) in [4.78, 5) is 0. The van der Waals surface area contributed by atoms with Crippen LogP contribution in [0.1, 0.15) is 19.8 Å². The van der Waals surface area contributed by atoms with Gasteiger partial charge in [-0.3, -0.25) is 0 Å². The van der Waals surface area contributed by atoms with Gasteiger partial charge in [-0.25, -0.2) is 0 Å². The van der Waals surface area contributed by atoms with Crippen molar-refractivity contribution in [3.8, 4) is 0 Å². The number of aliphatic hydroxyl groups is 1. The highest BCUT2D eigenvalue weighted by molar-refractivity contribution is 9.10. The van der Waals surface area contributed by atoms with Crippen LogP contribution in [0, 0.1) is 0 Å². The Morgan fingerprint density at radius 1 is 1.53 bits per heavy atom. The van der Waals surface area contributed by atoms with E-state index in [1.54, 1.807) is 0 Å². The van der Waals surface area contributed by atoms with E-state index in [1.807, 2.05) is 25.1 Å². The minimum atomic E-state index is -0.228. The lowest BCUT2D eigenvalue weighted by molar-refractivity contribution is 0.164. The van der Waals surface area contributed by atoms with Gasteiger partial charge in [0.1, 0.15) is 0 Å². The molecule has 1 atom stereocenters. The quantitative estimate of drug-likeness (QED) is 0.723. The molecule has 84 valence electrons. The average molecular weight is 273 g/mol. The molecular weight excluding hydrogens is 256 g/mol. The fourth-order valence-electron chi connectivity index (χ4n) is 1.27. The van der Waals surface area contributed by atoms with Gasteiger partial charge in [0.05, 0.1) is 17.5 Å². The van der Waals surface area contributed by atoms with Crippen molar-refractivity contribution in [3.05, 3.63) is 22.7 Å². The van der Waals surface area contributed by atoms with Gasteiger partial charge < -0.3 is 16.2 Å². The molecule has 1 aromatic carbocycles. The number of aliphatic hydroxyl groups excluding tert-OH is 1. The van der Waals surface area contributed by atoms with E-state index in [4.69, 9.17) is 5.73 Å². The first kappa shape index (κ1) is 12.3. The third kappa shape index (κ3) is 4.10. The molecule has 0 bridgehead atoms. The van der Waals surface area contributed by atoms with Crippen LogP contribution < -0.4 is 11.1 Å². The van der Waals surface area contributed by atoms with Crippen LogP contribution in [0.3, 0.4) is 0 Å². The average Bonchev–Trinajstić information content (AvgIpc) is 2.21. The van der Waals surface area contributed by atoms with Gasteiger partial charge in [-0.1, -0.05) is 22.9 Å². The van der Waals surface area contributed by atoms with E-state index in [9.17, 15) is 5.11 Å². The molecule has 1 rings (SSSR count). The van der Waals surface area contributed by atoms with E-state index in [2.05, 4.69) is 21.2 Å². The van der Waals surface area contributed by atoms with Crippen LogP contribution in [0.4, 0.5) is 11.4 Å². The molecule has 4 N–H and O–H groups in total. The summed E-state index contributed by atoms with van der Waals surface area (Å²) in [6, 6.07) is 5.73. The largest absolute Gasteiger partial charge is 0.397 e. The van der Waals surface area contributed by atoms with Crippen LogP contribution >= 0.6 is 15.9 Å². The van der Waals surface area contributed by atoms with Crippen molar-refractivity contribution in [2.45, 2.75) is 25.9 Å². The van der Waals surface area contributed by atoms with Gasteiger partial charge in [0.2, 0.25) is 0 Å². The Bertz CT molecular complexity index is 317. The minimum absolute atomic E-state index is 0.228. The van der Waals surface area contributed by atoms with Gasteiger partial charge in [-0.05, 0) is 31.0 Å². The molecule has 0 saturated carbocycles. The summed E-state index contributed by atoms with van der Waals surface area (Å²) in [5, 5.41) is 12.6. The second-order valence-corrected chi connectivity index (χ2v) is 4.42. The molecule has 1 aromatic rings. The number of rotatable bonds is 5. The Kier molecular flexibility index (Phi) is 4.91. The number of hydrogen-bond acceptors (Lipinski definition) is 3. The zero-order chi connectivity index (χ0) is 11.3. The van der Waals surface area contributed by atoms with Crippen LogP contribution in [-0.2, 0) is 0 Å². The van der Waals surface area contributed by atoms with Crippen LogP contribution in [0.25, 0.3) is 0 Å². The van der Waals surface area contributed by atoms with Gasteiger partial charge in [0, 0.05) is 11.0 Å². The third-order valence-electron chi connectivity index (χ3n) is 2.28. The zero-order valence-corrected chi connectivity index (χ0v) is 10.4. The molecule has 0 aliphatic heterocycles. The molecule has 0 amide bonds. The van der Waals surface area contributed by atoms with Crippen molar-refractivity contribution < 1.29 is 5.11 Å². The number of halogens is 1. The Morgan fingerprint density at radius 2 is 2.27 bits per heavy atom. The highest BCUT2D eigenvalue weighted by Crippen LogP contribution is 2.22. The predicted molar refractivity (Wildman–Crippen MR) is 68.0 cm³/mol. The van der Waals surface area contributed by atoms with Crippen LogP contribution in [0.15, 0.2) is 22.7 Å². The third-order valence-corrected chi connectivity index (χ3v) is 2.77. The summed E-state index contributed by atoms with van der Waals surface area (Å²) in [5.41, 5.74) is 7.45. The standard InChI is InChI=1S/C11H17BrN2O/c1-2-9(15)5-6-14-11-4-3-8(12)7-10(11)13/h3-4,7,9,14-15H,2,5-6,13H2,1H3. The number of hydrogen-bond donors (Lipinski definition) is 3. The van der Waals surface area contributed by atoms with E-state index >= 15 is 0 Å². The van der Waals surface area contributed by atoms with E-state index in [-0.39, 0.29) is 6.10 Å². The summed E-state index contributed by atoms with van der Waals surface area (Å²) in [6.45, 7) is 2.71. The van der Waals surface area contributed by atoms with Crippen LogP contribution in [-0.4, -0.2) is 17.8 Å². The van der Waals surface area contributed by atoms with Gasteiger partial charge in [-0.2, -0.15) is 0 Å². The van der Waals surface area contributed by atoms with Crippen molar-refractivity contribution in [1.82, 2.24) is 0 Å². The molecule has 3 nitrogen and oxygen atoms in total. The monoisotopic (exact) mass is 272 g/mol. The van der Waals surface area contributed by atoms with Crippen molar-refractivity contribution in [1.29, 1.82) is 0 Å². The molecule has 0 aliphatic carbocycles.